The van der Waals surface area contributed by atoms with Crippen molar-refractivity contribution in [3.05, 3.63) is 47.9 Å². The fourth-order valence-electron chi connectivity index (χ4n) is 2.29. The summed E-state index contributed by atoms with van der Waals surface area (Å²) in [6, 6.07) is 10.5. The second kappa shape index (κ2) is 5.75. The fraction of sp³-hybridized carbons (Fsp3) is 0.529. The number of benzene rings is 1. The molecule has 1 aromatic carbocycles. The molecule has 1 aliphatic rings. The van der Waals surface area contributed by atoms with E-state index in [4.69, 9.17) is 9.31 Å². The van der Waals surface area contributed by atoms with Crippen molar-refractivity contribution in [2.75, 3.05) is 0 Å². The number of allylic oxidation sites excluding steroid dienone is 1. The first kappa shape index (κ1) is 15.3. The fourth-order valence-corrected chi connectivity index (χ4v) is 2.29. The van der Waals surface area contributed by atoms with Crippen LogP contribution in [0.15, 0.2) is 42.4 Å². The molecule has 1 aliphatic heterocycles. The summed E-state index contributed by atoms with van der Waals surface area (Å²) in [6.07, 6.45) is 3.08. The van der Waals surface area contributed by atoms with Crippen molar-refractivity contribution in [3.8, 4) is 0 Å². The Hall–Kier alpha value is -1.06. The van der Waals surface area contributed by atoms with E-state index in [2.05, 4.69) is 58.5 Å². The van der Waals surface area contributed by atoms with Gasteiger partial charge in [-0.3, -0.25) is 0 Å². The van der Waals surface area contributed by atoms with Gasteiger partial charge in [-0.2, -0.15) is 0 Å². The summed E-state index contributed by atoms with van der Waals surface area (Å²) in [6.45, 7) is 12.4. The lowest BCUT2D eigenvalue weighted by atomic mass is 9.76. The molecule has 1 saturated heterocycles. The second-order valence-corrected chi connectivity index (χ2v) is 6.59. The summed E-state index contributed by atoms with van der Waals surface area (Å²) in [5.74, 6) is 0. The molecule has 0 unspecified atom stereocenters. The van der Waals surface area contributed by atoms with E-state index in [1.807, 2.05) is 6.07 Å². The molecule has 0 saturated carbocycles. The van der Waals surface area contributed by atoms with Crippen molar-refractivity contribution in [1.29, 1.82) is 0 Å². The Kier molecular flexibility index (Phi) is 4.41. The monoisotopic (exact) mass is 272 g/mol. The molecule has 1 fully saturated rings. The van der Waals surface area contributed by atoms with Crippen LogP contribution in [-0.4, -0.2) is 18.3 Å². The van der Waals surface area contributed by atoms with Crippen LogP contribution < -0.4 is 0 Å². The summed E-state index contributed by atoms with van der Waals surface area (Å²) in [5, 5.41) is 0. The highest BCUT2D eigenvalue weighted by Gasteiger charge is 2.51. The second-order valence-electron chi connectivity index (χ2n) is 6.59. The zero-order valence-corrected chi connectivity index (χ0v) is 13.1. The molecular formula is C17H25BO2. The Morgan fingerprint density at radius 3 is 2.15 bits per heavy atom. The highest BCUT2D eigenvalue weighted by atomic mass is 16.7. The summed E-state index contributed by atoms with van der Waals surface area (Å²) in [5.41, 5.74) is 1.86. The minimum Gasteiger partial charge on any atom is -0.400 e. The SMILES string of the molecule is C=C(CCCc1ccccc1)B1OC(C)(C)C(C)(C)O1. The maximum atomic E-state index is 6.01. The van der Waals surface area contributed by atoms with E-state index in [-0.39, 0.29) is 18.3 Å². The number of rotatable bonds is 5. The summed E-state index contributed by atoms with van der Waals surface area (Å²) in [4.78, 5) is 0. The molecule has 108 valence electrons. The molecule has 0 radical (unpaired) electrons. The highest BCUT2D eigenvalue weighted by molar-refractivity contribution is 6.54. The van der Waals surface area contributed by atoms with Crippen molar-refractivity contribution in [2.45, 2.75) is 58.2 Å². The molecule has 1 heterocycles. The van der Waals surface area contributed by atoms with Gasteiger partial charge in [0, 0.05) is 0 Å². The quantitative estimate of drug-likeness (QED) is 0.748. The van der Waals surface area contributed by atoms with Crippen LogP contribution in [0.1, 0.15) is 46.1 Å². The molecule has 3 heteroatoms. The van der Waals surface area contributed by atoms with Gasteiger partial charge in [0.15, 0.2) is 0 Å². The molecule has 0 aliphatic carbocycles. The van der Waals surface area contributed by atoms with Crippen LogP contribution in [0, 0.1) is 0 Å². The van der Waals surface area contributed by atoms with Gasteiger partial charge in [-0.05, 0) is 58.0 Å². The molecule has 0 spiro atoms. The molecule has 0 amide bonds. The number of hydrogen-bond donors (Lipinski definition) is 0. The Morgan fingerprint density at radius 1 is 1.05 bits per heavy atom. The van der Waals surface area contributed by atoms with Gasteiger partial charge in [0.25, 0.3) is 0 Å². The van der Waals surface area contributed by atoms with Crippen LogP contribution in [-0.2, 0) is 15.7 Å². The van der Waals surface area contributed by atoms with Crippen LogP contribution in [0.4, 0.5) is 0 Å². The predicted molar refractivity (Wildman–Crippen MR) is 84.6 cm³/mol. The average Bonchev–Trinajstić information content (AvgIpc) is 2.60. The van der Waals surface area contributed by atoms with E-state index in [1.165, 1.54) is 5.56 Å². The molecule has 0 aromatic heterocycles. The minimum atomic E-state index is -0.278. The van der Waals surface area contributed by atoms with E-state index in [9.17, 15) is 0 Å². The van der Waals surface area contributed by atoms with Gasteiger partial charge in [-0.25, -0.2) is 0 Å². The molecule has 0 N–H and O–H groups in total. The van der Waals surface area contributed by atoms with E-state index >= 15 is 0 Å². The van der Waals surface area contributed by atoms with Gasteiger partial charge in [0.05, 0.1) is 11.2 Å². The minimum absolute atomic E-state index is 0.268. The third kappa shape index (κ3) is 3.33. The van der Waals surface area contributed by atoms with E-state index < -0.39 is 0 Å². The van der Waals surface area contributed by atoms with Gasteiger partial charge >= 0.3 is 7.12 Å². The first-order valence-corrected chi connectivity index (χ1v) is 7.39. The standard InChI is InChI=1S/C17H25BO2/c1-14(10-9-13-15-11-7-6-8-12-15)18-19-16(2,3)17(4,5)20-18/h6-8,11-12H,1,9-10,13H2,2-5H3. The predicted octanol–water partition coefficient (Wildman–Crippen LogP) is 4.20. The molecule has 20 heavy (non-hydrogen) atoms. The van der Waals surface area contributed by atoms with E-state index in [0.29, 0.717) is 0 Å². The topological polar surface area (TPSA) is 18.5 Å². The third-order valence-electron chi connectivity index (χ3n) is 4.39. The van der Waals surface area contributed by atoms with Crippen LogP contribution >= 0.6 is 0 Å². The van der Waals surface area contributed by atoms with E-state index in [1.54, 1.807) is 0 Å². The van der Waals surface area contributed by atoms with Crippen molar-refractivity contribution in [2.24, 2.45) is 0 Å². The van der Waals surface area contributed by atoms with Crippen LogP contribution in [0.25, 0.3) is 0 Å². The maximum absolute atomic E-state index is 6.01. The van der Waals surface area contributed by atoms with Gasteiger partial charge in [0.1, 0.15) is 0 Å². The van der Waals surface area contributed by atoms with Crippen LogP contribution in [0.5, 0.6) is 0 Å². The van der Waals surface area contributed by atoms with Gasteiger partial charge in [0.2, 0.25) is 0 Å². The largest absolute Gasteiger partial charge is 0.489 e. The summed E-state index contributed by atoms with van der Waals surface area (Å²) < 4.78 is 12.0. The summed E-state index contributed by atoms with van der Waals surface area (Å²) in [7, 11) is -0.268. The number of aryl methyl sites for hydroxylation is 1. The van der Waals surface area contributed by atoms with Crippen molar-refractivity contribution in [3.63, 3.8) is 0 Å². The Bertz CT molecular complexity index is 449. The molecular weight excluding hydrogens is 247 g/mol. The van der Waals surface area contributed by atoms with Crippen molar-refractivity contribution >= 4 is 7.12 Å². The normalized spacial score (nSPS) is 20.1. The first-order valence-electron chi connectivity index (χ1n) is 7.39. The molecule has 0 bridgehead atoms. The maximum Gasteiger partial charge on any atom is 0.489 e. The molecule has 2 rings (SSSR count). The molecule has 2 nitrogen and oxygen atoms in total. The zero-order chi connectivity index (χ0) is 14.8. The van der Waals surface area contributed by atoms with Gasteiger partial charge in [-0.1, -0.05) is 30.3 Å². The first-order chi connectivity index (χ1) is 9.32. The van der Waals surface area contributed by atoms with E-state index in [0.717, 1.165) is 24.7 Å². The third-order valence-corrected chi connectivity index (χ3v) is 4.39. The van der Waals surface area contributed by atoms with Crippen LogP contribution in [0.3, 0.4) is 0 Å². The average molecular weight is 272 g/mol. The van der Waals surface area contributed by atoms with Crippen LogP contribution in [0.2, 0.25) is 0 Å². The number of hydrogen-bond acceptors (Lipinski definition) is 2. The Morgan fingerprint density at radius 2 is 1.60 bits per heavy atom. The van der Waals surface area contributed by atoms with Crippen molar-refractivity contribution in [1.82, 2.24) is 0 Å². The molecule has 0 atom stereocenters. The smallest absolute Gasteiger partial charge is 0.400 e. The Balaban J connectivity index is 1.82. The highest BCUT2D eigenvalue weighted by Crippen LogP contribution is 2.38. The summed E-state index contributed by atoms with van der Waals surface area (Å²) >= 11 is 0. The zero-order valence-electron chi connectivity index (χ0n) is 13.1. The lowest BCUT2D eigenvalue weighted by Gasteiger charge is -2.32. The lowest BCUT2D eigenvalue weighted by Crippen LogP contribution is -2.41. The van der Waals surface area contributed by atoms with Gasteiger partial charge in [-0.15, -0.1) is 6.58 Å². The lowest BCUT2D eigenvalue weighted by molar-refractivity contribution is 0.00578. The van der Waals surface area contributed by atoms with Gasteiger partial charge < -0.3 is 9.31 Å². The molecule has 1 aromatic rings. The Labute approximate surface area is 123 Å². The van der Waals surface area contributed by atoms with Crippen molar-refractivity contribution < 1.29 is 9.31 Å².